The van der Waals surface area contributed by atoms with Gasteiger partial charge in [0.25, 0.3) is 0 Å². The number of hydrogen-bond acceptors (Lipinski definition) is 5. The van der Waals surface area contributed by atoms with E-state index >= 15 is 0 Å². The molecule has 0 aromatic carbocycles. The zero-order valence-electron chi connectivity index (χ0n) is 13.2. The number of ether oxygens (including phenoxy) is 2. The fourth-order valence-electron chi connectivity index (χ4n) is 2.86. The Kier molecular flexibility index (Phi) is 4.86. The summed E-state index contributed by atoms with van der Waals surface area (Å²) in [6, 6.07) is 0. The molecule has 5 heteroatoms. The molecular formula is C17H22O5. The minimum Gasteiger partial charge on any atom is -0.457 e. The lowest BCUT2D eigenvalue weighted by molar-refractivity contribution is -0.146. The van der Waals surface area contributed by atoms with Crippen molar-refractivity contribution < 1.29 is 24.2 Å². The highest BCUT2D eigenvalue weighted by Crippen LogP contribution is 2.35. The van der Waals surface area contributed by atoms with E-state index in [0.29, 0.717) is 18.4 Å². The van der Waals surface area contributed by atoms with E-state index in [1.54, 1.807) is 13.0 Å². The zero-order valence-corrected chi connectivity index (χ0v) is 13.2. The van der Waals surface area contributed by atoms with Crippen LogP contribution in [0.1, 0.15) is 33.6 Å². The molecule has 0 spiro atoms. The van der Waals surface area contributed by atoms with Gasteiger partial charge >= 0.3 is 11.9 Å². The average molecular weight is 306 g/mol. The average Bonchev–Trinajstić information content (AvgIpc) is 2.69. The maximum Gasteiger partial charge on any atom is 0.334 e. The van der Waals surface area contributed by atoms with Gasteiger partial charge in [-0.2, -0.15) is 0 Å². The summed E-state index contributed by atoms with van der Waals surface area (Å²) >= 11 is 0. The molecule has 1 aliphatic carbocycles. The Hall–Kier alpha value is -1.88. The summed E-state index contributed by atoms with van der Waals surface area (Å²) in [5.41, 5.74) is 2.03. The van der Waals surface area contributed by atoms with Gasteiger partial charge in [-0.05, 0) is 44.4 Å². The van der Waals surface area contributed by atoms with Crippen LogP contribution in [0.25, 0.3) is 0 Å². The van der Waals surface area contributed by atoms with Gasteiger partial charge in [-0.1, -0.05) is 12.2 Å². The van der Waals surface area contributed by atoms with Crippen molar-refractivity contribution in [2.45, 2.75) is 51.9 Å². The summed E-state index contributed by atoms with van der Waals surface area (Å²) in [5, 5.41) is 10.1. The minimum absolute atomic E-state index is 0.291. The number of carbonyl (C=O) groups is 2. The topological polar surface area (TPSA) is 72.8 Å². The van der Waals surface area contributed by atoms with Crippen LogP contribution in [0.3, 0.4) is 0 Å². The molecule has 0 aromatic heterocycles. The Bertz CT molecular complexity index is 557. The molecule has 1 saturated heterocycles. The summed E-state index contributed by atoms with van der Waals surface area (Å²) in [6.07, 6.45) is 3.06. The molecule has 4 atom stereocenters. The van der Waals surface area contributed by atoms with Crippen LogP contribution in [0.5, 0.6) is 0 Å². The van der Waals surface area contributed by atoms with Gasteiger partial charge in [0.05, 0.1) is 12.0 Å². The smallest absolute Gasteiger partial charge is 0.334 e. The van der Waals surface area contributed by atoms with E-state index in [1.807, 2.05) is 13.0 Å². The molecule has 0 saturated carbocycles. The second-order valence-corrected chi connectivity index (χ2v) is 5.97. The number of carbonyl (C=O) groups excluding carboxylic acids is 2. The molecule has 0 aromatic rings. The Morgan fingerprint density at radius 2 is 2.09 bits per heavy atom. The second-order valence-electron chi connectivity index (χ2n) is 5.97. The third kappa shape index (κ3) is 3.47. The van der Waals surface area contributed by atoms with Crippen LogP contribution in [-0.2, 0) is 19.1 Å². The van der Waals surface area contributed by atoms with Gasteiger partial charge in [-0.15, -0.1) is 0 Å². The van der Waals surface area contributed by atoms with Gasteiger partial charge in [0.15, 0.2) is 0 Å². The highest BCUT2D eigenvalue weighted by Gasteiger charge is 2.43. The van der Waals surface area contributed by atoms with Gasteiger partial charge < -0.3 is 14.6 Å². The molecule has 2 aliphatic rings. The number of fused-ring (bicyclic) bond motifs is 1. The largest absolute Gasteiger partial charge is 0.457 e. The number of aliphatic hydroxyl groups excluding tert-OH is 1. The number of allylic oxidation sites excluding steroid dienone is 1. The van der Waals surface area contributed by atoms with E-state index in [1.165, 1.54) is 6.92 Å². The van der Waals surface area contributed by atoms with Crippen LogP contribution in [0.15, 0.2) is 35.5 Å². The first kappa shape index (κ1) is 16.5. The van der Waals surface area contributed by atoms with Crippen LogP contribution >= 0.6 is 0 Å². The van der Waals surface area contributed by atoms with Crippen LogP contribution in [-0.4, -0.2) is 35.4 Å². The highest BCUT2D eigenvalue weighted by molar-refractivity contribution is 5.91. The predicted molar refractivity (Wildman–Crippen MR) is 80.8 cm³/mol. The summed E-state index contributed by atoms with van der Waals surface area (Å²) in [6.45, 7) is 8.84. The van der Waals surface area contributed by atoms with E-state index in [-0.39, 0.29) is 0 Å². The van der Waals surface area contributed by atoms with Crippen molar-refractivity contribution in [3.63, 3.8) is 0 Å². The molecule has 0 amide bonds. The molecule has 0 radical (unpaired) electrons. The van der Waals surface area contributed by atoms with Crippen molar-refractivity contribution in [3.05, 3.63) is 35.5 Å². The predicted octanol–water partition coefficient (Wildman–Crippen LogP) is 2.06. The fraction of sp³-hybridized carbons (Fsp3) is 0.529. The van der Waals surface area contributed by atoms with E-state index in [0.717, 1.165) is 11.1 Å². The molecule has 1 N–H and O–H groups in total. The third-order valence-electron chi connectivity index (χ3n) is 4.13. The van der Waals surface area contributed by atoms with Crippen LogP contribution in [0.2, 0.25) is 0 Å². The summed E-state index contributed by atoms with van der Waals surface area (Å²) < 4.78 is 10.7. The monoisotopic (exact) mass is 306 g/mol. The molecule has 1 aliphatic heterocycles. The van der Waals surface area contributed by atoms with Crippen molar-refractivity contribution in [1.82, 2.24) is 0 Å². The Morgan fingerprint density at radius 3 is 2.73 bits per heavy atom. The first-order valence-electron chi connectivity index (χ1n) is 7.40. The highest BCUT2D eigenvalue weighted by atomic mass is 16.6. The molecule has 1 fully saturated rings. The van der Waals surface area contributed by atoms with Crippen molar-refractivity contribution in [2.75, 3.05) is 0 Å². The van der Waals surface area contributed by atoms with Gasteiger partial charge in [0.1, 0.15) is 12.2 Å². The lowest BCUT2D eigenvalue weighted by Gasteiger charge is -2.26. The molecule has 22 heavy (non-hydrogen) atoms. The Balaban J connectivity index is 2.45. The van der Waals surface area contributed by atoms with Gasteiger partial charge in [-0.25, -0.2) is 4.79 Å². The third-order valence-corrected chi connectivity index (χ3v) is 4.13. The summed E-state index contributed by atoms with van der Waals surface area (Å²) in [7, 11) is 0. The van der Waals surface area contributed by atoms with Crippen molar-refractivity contribution in [2.24, 2.45) is 5.92 Å². The van der Waals surface area contributed by atoms with Crippen molar-refractivity contribution in [1.29, 1.82) is 0 Å². The van der Waals surface area contributed by atoms with E-state index in [2.05, 4.69) is 6.58 Å². The number of aliphatic hydroxyl groups is 1. The van der Waals surface area contributed by atoms with Gasteiger partial charge in [0, 0.05) is 12.5 Å². The molecule has 0 unspecified atom stereocenters. The van der Waals surface area contributed by atoms with Gasteiger partial charge in [-0.3, -0.25) is 4.79 Å². The molecule has 5 nitrogen and oxygen atoms in total. The zero-order chi connectivity index (χ0) is 16.4. The van der Waals surface area contributed by atoms with E-state index in [4.69, 9.17) is 9.47 Å². The lowest BCUT2D eigenvalue weighted by Crippen LogP contribution is -2.32. The molecule has 120 valence electrons. The standard InChI is InChI=1S/C17H22O5/c1-9-5-6-13(19)10(2)8-15-16(11(3)17(20)22-15)14(7-9)21-12(4)18/h7-8,13-16,19H,3,5-6H2,1-2,4H3/b9-7+,10-8+/t13-,14-,15+,16+/m1/s1. The maximum absolute atomic E-state index is 11.9. The first-order valence-corrected chi connectivity index (χ1v) is 7.40. The molecule has 1 heterocycles. The SMILES string of the molecule is C=C1C(=O)O[C@H]2/C=C(\C)[C@H](O)CC/C(C)=C/[C@@H](OC(C)=O)[C@H]12. The fourth-order valence-corrected chi connectivity index (χ4v) is 2.86. The quantitative estimate of drug-likeness (QED) is 0.456. The Morgan fingerprint density at radius 1 is 1.41 bits per heavy atom. The summed E-state index contributed by atoms with van der Waals surface area (Å²) in [5.74, 6) is -1.37. The van der Waals surface area contributed by atoms with E-state index < -0.39 is 36.2 Å². The molecular weight excluding hydrogens is 284 g/mol. The minimum atomic E-state index is -0.597. The molecule has 0 bridgehead atoms. The van der Waals surface area contributed by atoms with Gasteiger partial charge in [0.2, 0.25) is 0 Å². The van der Waals surface area contributed by atoms with Crippen LogP contribution in [0, 0.1) is 5.92 Å². The summed E-state index contributed by atoms with van der Waals surface area (Å²) in [4.78, 5) is 23.3. The van der Waals surface area contributed by atoms with Crippen molar-refractivity contribution in [3.8, 4) is 0 Å². The first-order chi connectivity index (χ1) is 10.3. The van der Waals surface area contributed by atoms with E-state index in [9.17, 15) is 14.7 Å². The number of esters is 2. The normalized spacial score (nSPS) is 37.3. The van der Waals surface area contributed by atoms with Crippen LogP contribution < -0.4 is 0 Å². The molecule has 2 rings (SSSR count). The Labute approximate surface area is 130 Å². The maximum atomic E-state index is 11.9. The number of hydrogen-bond donors (Lipinski definition) is 1. The van der Waals surface area contributed by atoms with Crippen molar-refractivity contribution >= 4 is 11.9 Å². The lowest BCUT2D eigenvalue weighted by atomic mass is 9.86. The van der Waals surface area contributed by atoms with Crippen LogP contribution in [0.4, 0.5) is 0 Å². The number of rotatable bonds is 1. The second kappa shape index (κ2) is 6.48.